The predicted molar refractivity (Wildman–Crippen MR) is 131 cm³/mol. The van der Waals surface area contributed by atoms with E-state index in [1.807, 2.05) is 0 Å². The number of methoxy groups -OCH3 is 1. The molecule has 0 radical (unpaired) electrons. The number of nitrogens with two attached hydrogens (primary N) is 1. The zero-order valence-corrected chi connectivity index (χ0v) is 21.9. The Balaban J connectivity index is 1.36. The van der Waals surface area contributed by atoms with Gasteiger partial charge in [-0.3, -0.25) is 0 Å². The van der Waals surface area contributed by atoms with Gasteiger partial charge in [0.15, 0.2) is 11.6 Å². The van der Waals surface area contributed by atoms with Crippen LogP contribution in [0.25, 0.3) is 0 Å². The molecule has 2 fully saturated rings. The lowest BCUT2D eigenvalue weighted by molar-refractivity contribution is 0.170. The van der Waals surface area contributed by atoms with Crippen molar-refractivity contribution >= 4 is 20.0 Å². The summed E-state index contributed by atoms with van der Waals surface area (Å²) >= 11 is 0. The molecule has 3 N–H and O–H groups in total. The van der Waals surface area contributed by atoms with E-state index in [2.05, 4.69) is 4.72 Å². The highest BCUT2D eigenvalue weighted by atomic mass is 32.2. The van der Waals surface area contributed by atoms with Crippen LogP contribution < -0.4 is 15.2 Å². The van der Waals surface area contributed by atoms with Gasteiger partial charge in [-0.25, -0.2) is 34.7 Å². The first-order chi connectivity index (χ1) is 17.4. The van der Waals surface area contributed by atoms with Crippen LogP contribution >= 0.6 is 0 Å². The number of sulfonamides is 2. The molecule has 0 aromatic heterocycles. The molecule has 204 valence electrons. The zero-order chi connectivity index (χ0) is 27.0. The first-order valence-corrected chi connectivity index (χ1v) is 15.0. The van der Waals surface area contributed by atoms with Crippen LogP contribution in [0.4, 0.5) is 13.2 Å². The fourth-order valence-electron chi connectivity index (χ4n) is 5.37. The topological polar surface area (TPSA) is 119 Å². The molecular formula is C24H30F3N3O5S2. The quantitative estimate of drug-likeness (QED) is 0.431. The average Bonchev–Trinajstić information content (AvgIpc) is 3.13. The van der Waals surface area contributed by atoms with Crippen LogP contribution in [0.2, 0.25) is 0 Å². The molecule has 2 aliphatic rings. The van der Waals surface area contributed by atoms with Gasteiger partial charge in [-0.2, -0.15) is 4.31 Å². The Bertz CT molecular complexity index is 1330. The molecule has 2 saturated heterocycles. The first-order valence-electron chi connectivity index (χ1n) is 11.9. The maximum Gasteiger partial charge on any atom is 0.240 e. The number of nitrogens with one attached hydrogen (secondary N) is 1. The number of piperidine rings is 1. The molecule has 4 atom stereocenters. The van der Waals surface area contributed by atoms with E-state index >= 15 is 0 Å². The summed E-state index contributed by atoms with van der Waals surface area (Å²) in [6.07, 6.45) is 2.21. The van der Waals surface area contributed by atoms with Gasteiger partial charge in [-0.05, 0) is 73.9 Å². The van der Waals surface area contributed by atoms with E-state index < -0.39 is 49.3 Å². The summed E-state index contributed by atoms with van der Waals surface area (Å²) in [5.41, 5.74) is 6.29. The minimum atomic E-state index is -3.89. The van der Waals surface area contributed by atoms with Gasteiger partial charge in [-0.15, -0.1) is 0 Å². The maximum absolute atomic E-state index is 14.1. The van der Waals surface area contributed by atoms with Crippen LogP contribution in [0.5, 0.6) is 5.75 Å². The Labute approximate surface area is 215 Å². The summed E-state index contributed by atoms with van der Waals surface area (Å²) in [7, 11) is -6.20. The van der Waals surface area contributed by atoms with Gasteiger partial charge in [0, 0.05) is 30.7 Å². The third-order valence-electron chi connectivity index (χ3n) is 7.20. The van der Waals surface area contributed by atoms with Crippen molar-refractivity contribution < 1.29 is 34.7 Å². The normalized spacial score (nSPS) is 23.2. The Morgan fingerprint density at radius 2 is 1.59 bits per heavy atom. The van der Waals surface area contributed by atoms with E-state index in [-0.39, 0.29) is 41.4 Å². The van der Waals surface area contributed by atoms with E-state index in [0.29, 0.717) is 37.5 Å². The minimum absolute atomic E-state index is 0.00181. The number of ether oxygens (including phenoxy) is 1. The van der Waals surface area contributed by atoms with Crippen LogP contribution in [0.1, 0.15) is 31.2 Å². The summed E-state index contributed by atoms with van der Waals surface area (Å²) in [4.78, 5) is -0.00181. The van der Waals surface area contributed by atoms with Crippen molar-refractivity contribution in [2.75, 3.05) is 19.4 Å². The second kappa shape index (κ2) is 10.9. The van der Waals surface area contributed by atoms with Crippen molar-refractivity contribution in [3.63, 3.8) is 0 Å². The van der Waals surface area contributed by atoms with Crippen molar-refractivity contribution in [2.24, 2.45) is 11.7 Å². The van der Waals surface area contributed by atoms with E-state index in [0.717, 1.165) is 6.07 Å². The van der Waals surface area contributed by atoms with E-state index in [1.165, 1.54) is 35.7 Å². The lowest BCUT2D eigenvalue weighted by Gasteiger charge is -2.40. The highest BCUT2D eigenvalue weighted by Gasteiger charge is 2.47. The zero-order valence-electron chi connectivity index (χ0n) is 20.2. The van der Waals surface area contributed by atoms with Crippen molar-refractivity contribution in [1.29, 1.82) is 0 Å². The smallest absolute Gasteiger partial charge is 0.240 e. The highest BCUT2D eigenvalue weighted by molar-refractivity contribution is 7.90. The fourth-order valence-corrected chi connectivity index (χ4v) is 8.39. The Morgan fingerprint density at radius 1 is 1.00 bits per heavy atom. The standard InChI is InChI=1S/C24H30F3N3O5S2/c1-35-19-4-6-20(7-5-19)37(33,34)29-8-9-36(31,32)30-17-2-3-18(30)11-16(10-17)24(28)13-15-12-22(26)23(27)14-21(15)25/h4-7,12,14,16-18,24,29H,2-3,8-11,13,28H2,1H3/t16-,17-,18+,24?. The molecule has 0 aliphatic carbocycles. The molecule has 13 heteroatoms. The number of hydrogen-bond acceptors (Lipinski definition) is 6. The summed E-state index contributed by atoms with van der Waals surface area (Å²) in [5, 5.41) is 0. The largest absolute Gasteiger partial charge is 0.497 e. The molecule has 0 spiro atoms. The summed E-state index contributed by atoms with van der Waals surface area (Å²) in [6, 6.07) is 5.90. The highest BCUT2D eigenvalue weighted by Crippen LogP contribution is 2.42. The Morgan fingerprint density at radius 3 is 2.19 bits per heavy atom. The van der Waals surface area contributed by atoms with Crippen LogP contribution in [0.3, 0.4) is 0 Å². The Kier molecular flexibility index (Phi) is 8.19. The van der Waals surface area contributed by atoms with Crippen LogP contribution in [-0.2, 0) is 26.5 Å². The van der Waals surface area contributed by atoms with Crippen molar-refractivity contribution in [3.8, 4) is 5.75 Å². The second-order valence-corrected chi connectivity index (χ2v) is 13.3. The molecule has 2 aliphatic heterocycles. The van der Waals surface area contributed by atoms with Gasteiger partial charge < -0.3 is 10.5 Å². The SMILES string of the molecule is COc1ccc(S(=O)(=O)NCCS(=O)(=O)N2[C@@H]3CC[C@H]2C[C@H](C(N)Cc2cc(F)c(F)cc2F)C3)cc1. The molecule has 8 nitrogen and oxygen atoms in total. The fraction of sp³-hybridized carbons (Fsp3) is 0.500. The Hall–Kier alpha value is -2.19. The van der Waals surface area contributed by atoms with Gasteiger partial charge in [0.05, 0.1) is 17.8 Å². The summed E-state index contributed by atoms with van der Waals surface area (Å²) in [6.45, 7) is -0.287. The van der Waals surface area contributed by atoms with Gasteiger partial charge in [0.2, 0.25) is 20.0 Å². The third-order valence-corrected chi connectivity index (χ3v) is 10.6. The van der Waals surface area contributed by atoms with Gasteiger partial charge >= 0.3 is 0 Å². The molecule has 2 aromatic carbocycles. The van der Waals surface area contributed by atoms with Crippen LogP contribution in [0, 0.1) is 23.4 Å². The number of benzene rings is 2. The summed E-state index contributed by atoms with van der Waals surface area (Å²) in [5.74, 6) is -3.30. The molecule has 4 rings (SSSR count). The lowest BCUT2D eigenvalue weighted by Crippen LogP contribution is -2.51. The third kappa shape index (κ3) is 6.11. The van der Waals surface area contributed by atoms with E-state index in [4.69, 9.17) is 10.5 Å². The number of halogens is 3. The number of rotatable bonds is 10. The lowest BCUT2D eigenvalue weighted by atomic mass is 9.83. The molecule has 2 bridgehead atoms. The molecule has 2 aromatic rings. The average molecular weight is 562 g/mol. The van der Waals surface area contributed by atoms with Crippen molar-refractivity contribution in [3.05, 3.63) is 59.4 Å². The first kappa shape index (κ1) is 27.8. The molecular weight excluding hydrogens is 531 g/mol. The molecule has 2 heterocycles. The van der Waals surface area contributed by atoms with Gasteiger partial charge in [0.25, 0.3) is 0 Å². The number of fused-ring (bicyclic) bond motifs is 2. The van der Waals surface area contributed by atoms with Crippen LogP contribution in [-0.4, -0.2) is 58.7 Å². The minimum Gasteiger partial charge on any atom is -0.497 e. The van der Waals surface area contributed by atoms with Crippen molar-refractivity contribution in [1.82, 2.24) is 9.03 Å². The number of nitrogens with zero attached hydrogens (tertiary/aromatic N) is 1. The molecule has 0 saturated carbocycles. The monoisotopic (exact) mass is 561 g/mol. The van der Waals surface area contributed by atoms with E-state index in [9.17, 15) is 30.0 Å². The van der Waals surface area contributed by atoms with Gasteiger partial charge in [0.1, 0.15) is 11.6 Å². The summed E-state index contributed by atoms with van der Waals surface area (Å²) < 4.78 is 101. The maximum atomic E-state index is 14.1. The molecule has 1 unspecified atom stereocenters. The molecule has 0 amide bonds. The van der Waals surface area contributed by atoms with Gasteiger partial charge in [-0.1, -0.05) is 0 Å². The van der Waals surface area contributed by atoms with Crippen LogP contribution in [0.15, 0.2) is 41.3 Å². The predicted octanol–water partition coefficient (Wildman–Crippen LogP) is 2.53. The molecule has 37 heavy (non-hydrogen) atoms. The second-order valence-electron chi connectivity index (χ2n) is 9.56. The number of hydrogen-bond donors (Lipinski definition) is 2. The van der Waals surface area contributed by atoms with Crippen molar-refractivity contribution in [2.45, 2.75) is 55.1 Å². The van der Waals surface area contributed by atoms with E-state index in [1.54, 1.807) is 0 Å².